The second-order valence-electron chi connectivity index (χ2n) is 9.10. The van der Waals surface area contributed by atoms with Crippen LogP contribution in [0.4, 0.5) is 14.5 Å². The van der Waals surface area contributed by atoms with Crippen molar-refractivity contribution in [1.82, 2.24) is 40.0 Å². The quantitative estimate of drug-likeness (QED) is 0.292. The minimum absolute atomic E-state index is 0.169. The van der Waals surface area contributed by atoms with Crippen LogP contribution in [0.2, 0.25) is 0 Å². The van der Waals surface area contributed by atoms with E-state index in [0.29, 0.717) is 59.2 Å². The molecule has 200 valence electrons. The lowest BCUT2D eigenvalue weighted by Gasteiger charge is -2.38. The molecule has 0 N–H and O–H groups in total. The Hall–Kier alpha value is -5.09. The molecule has 1 atom stereocenters. The summed E-state index contributed by atoms with van der Waals surface area (Å²) >= 11 is 0. The fourth-order valence-corrected chi connectivity index (χ4v) is 4.72. The van der Waals surface area contributed by atoms with Crippen LogP contribution in [0.3, 0.4) is 0 Å². The van der Waals surface area contributed by atoms with Gasteiger partial charge in [0.1, 0.15) is 5.69 Å². The number of rotatable bonds is 6. The van der Waals surface area contributed by atoms with Gasteiger partial charge in [0.05, 0.1) is 18.1 Å². The number of alkyl halides is 2. The number of benzene rings is 2. The lowest BCUT2D eigenvalue weighted by Crippen LogP contribution is -2.50. The first-order valence-corrected chi connectivity index (χ1v) is 12.4. The highest BCUT2D eigenvalue weighted by molar-refractivity contribution is 5.93. The summed E-state index contributed by atoms with van der Waals surface area (Å²) in [5.41, 5.74) is 3.24. The second-order valence-corrected chi connectivity index (χ2v) is 9.10. The highest BCUT2D eigenvalue weighted by atomic mass is 19.3. The van der Waals surface area contributed by atoms with Crippen molar-refractivity contribution in [3.8, 4) is 11.5 Å². The monoisotopic (exact) mass is 541 g/mol. The zero-order valence-electron chi connectivity index (χ0n) is 20.9. The highest BCUT2D eigenvalue weighted by Gasteiger charge is 2.32. The molecule has 0 spiro atoms. The van der Waals surface area contributed by atoms with Gasteiger partial charge in [-0.2, -0.15) is 8.78 Å². The SMILES string of the molecule is [C-]#[N+]c1ccc2oc(-c3ccnc(C(=O)N4CCN([C@@H](c5ccccc5)c5nnn(C(F)F)n5)CC4)c3)nc2c1. The molecule has 0 aliphatic carbocycles. The van der Waals surface area contributed by atoms with Gasteiger partial charge in [-0.05, 0) is 35.0 Å². The molecule has 11 nitrogen and oxygen atoms in total. The number of hydrogen-bond acceptors (Lipinski definition) is 8. The first-order valence-electron chi connectivity index (χ1n) is 12.4. The number of hydrogen-bond donors (Lipinski definition) is 0. The van der Waals surface area contributed by atoms with E-state index in [4.69, 9.17) is 11.0 Å². The van der Waals surface area contributed by atoms with Crippen molar-refractivity contribution in [2.45, 2.75) is 12.6 Å². The maximum Gasteiger partial charge on any atom is 0.350 e. The van der Waals surface area contributed by atoms with Crippen molar-refractivity contribution in [2.75, 3.05) is 26.2 Å². The number of halogens is 2. The maximum absolute atomic E-state index is 13.4. The van der Waals surface area contributed by atoms with Crippen LogP contribution in [0.25, 0.3) is 27.4 Å². The van der Waals surface area contributed by atoms with E-state index in [1.54, 1.807) is 35.2 Å². The molecular weight excluding hydrogens is 520 g/mol. The van der Waals surface area contributed by atoms with Gasteiger partial charge < -0.3 is 9.32 Å². The van der Waals surface area contributed by atoms with Crippen molar-refractivity contribution < 1.29 is 18.0 Å². The van der Waals surface area contributed by atoms with Crippen LogP contribution in [-0.4, -0.2) is 72.1 Å². The van der Waals surface area contributed by atoms with Gasteiger partial charge in [-0.1, -0.05) is 41.2 Å². The molecular formula is C27H21F2N9O2. The number of tetrazole rings is 1. The predicted octanol–water partition coefficient (Wildman–Crippen LogP) is 4.37. The van der Waals surface area contributed by atoms with Crippen molar-refractivity contribution in [3.63, 3.8) is 0 Å². The van der Waals surface area contributed by atoms with Gasteiger partial charge in [-0.25, -0.2) is 9.83 Å². The second kappa shape index (κ2) is 10.6. The first-order chi connectivity index (χ1) is 19.5. The van der Waals surface area contributed by atoms with E-state index in [2.05, 4.69) is 30.2 Å². The van der Waals surface area contributed by atoms with Gasteiger partial charge in [0.25, 0.3) is 5.91 Å². The third-order valence-electron chi connectivity index (χ3n) is 6.67. The topological polar surface area (TPSA) is 110 Å². The largest absolute Gasteiger partial charge is 0.436 e. The van der Waals surface area contributed by atoms with Crippen molar-refractivity contribution in [3.05, 3.63) is 95.4 Å². The molecule has 5 aromatic rings. The minimum atomic E-state index is -2.89. The van der Waals surface area contributed by atoms with E-state index in [0.717, 1.165) is 5.56 Å². The summed E-state index contributed by atoms with van der Waals surface area (Å²) in [5.74, 6) is 0.252. The predicted molar refractivity (Wildman–Crippen MR) is 138 cm³/mol. The van der Waals surface area contributed by atoms with E-state index >= 15 is 0 Å². The Balaban J connectivity index is 1.19. The van der Waals surface area contributed by atoms with Gasteiger partial charge >= 0.3 is 6.55 Å². The molecule has 0 saturated carbocycles. The van der Waals surface area contributed by atoms with E-state index in [-0.39, 0.29) is 17.4 Å². The van der Waals surface area contributed by atoms with Crippen molar-refractivity contribution >= 4 is 22.7 Å². The Labute approximate surface area is 226 Å². The number of carbonyl (C=O) groups excluding carboxylic acids is 1. The molecule has 6 rings (SSSR count). The van der Waals surface area contributed by atoms with Gasteiger partial charge in [-0.15, -0.1) is 10.2 Å². The van der Waals surface area contributed by atoms with E-state index in [9.17, 15) is 13.6 Å². The summed E-state index contributed by atoms with van der Waals surface area (Å²) in [5, 5.41) is 11.3. The smallest absolute Gasteiger partial charge is 0.350 e. The number of fused-ring (bicyclic) bond motifs is 1. The Morgan fingerprint density at radius 1 is 1.02 bits per heavy atom. The van der Waals surface area contributed by atoms with E-state index < -0.39 is 12.6 Å². The molecule has 3 aromatic heterocycles. The van der Waals surface area contributed by atoms with Crippen molar-refractivity contribution in [1.29, 1.82) is 0 Å². The van der Waals surface area contributed by atoms with Crippen LogP contribution in [-0.2, 0) is 0 Å². The highest BCUT2D eigenvalue weighted by Crippen LogP contribution is 2.29. The third-order valence-corrected chi connectivity index (χ3v) is 6.67. The summed E-state index contributed by atoms with van der Waals surface area (Å²) in [6.45, 7) is 5.99. The molecule has 13 heteroatoms. The normalized spacial score (nSPS) is 14.9. The fraction of sp³-hybridized carbons (Fsp3) is 0.222. The van der Waals surface area contributed by atoms with Gasteiger partial charge in [0, 0.05) is 37.9 Å². The van der Waals surface area contributed by atoms with Crippen LogP contribution in [0.5, 0.6) is 0 Å². The first kappa shape index (κ1) is 25.2. The van der Waals surface area contributed by atoms with Gasteiger partial charge in [0.2, 0.25) is 5.89 Å². The molecule has 0 radical (unpaired) electrons. The van der Waals surface area contributed by atoms with Crippen LogP contribution >= 0.6 is 0 Å². The number of piperazine rings is 1. The Bertz CT molecular complexity index is 1710. The summed E-state index contributed by atoms with van der Waals surface area (Å²) in [4.78, 5) is 29.6. The number of carbonyl (C=O) groups is 1. The lowest BCUT2D eigenvalue weighted by atomic mass is 10.0. The third kappa shape index (κ3) is 4.87. The van der Waals surface area contributed by atoms with Crippen molar-refractivity contribution in [2.24, 2.45) is 0 Å². The number of aromatic nitrogens is 6. The molecule has 1 aliphatic heterocycles. The van der Waals surface area contributed by atoms with Gasteiger partial charge in [-0.3, -0.25) is 14.7 Å². The van der Waals surface area contributed by atoms with Crippen LogP contribution < -0.4 is 0 Å². The average molecular weight is 542 g/mol. The van der Waals surface area contributed by atoms with Gasteiger partial charge in [0.15, 0.2) is 17.1 Å². The lowest BCUT2D eigenvalue weighted by molar-refractivity contribution is 0.0385. The number of nitrogens with zero attached hydrogens (tertiary/aromatic N) is 9. The molecule has 0 bridgehead atoms. The number of pyridine rings is 1. The zero-order chi connectivity index (χ0) is 27.6. The maximum atomic E-state index is 13.4. The number of oxazole rings is 1. The molecule has 1 fully saturated rings. The summed E-state index contributed by atoms with van der Waals surface area (Å²) in [6, 6.07) is 17.2. The Morgan fingerprint density at radius 2 is 1.82 bits per heavy atom. The molecule has 2 aromatic carbocycles. The Morgan fingerprint density at radius 3 is 2.55 bits per heavy atom. The molecule has 1 aliphatic rings. The summed E-state index contributed by atoms with van der Waals surface area (Å²) < 4.78 is 32.1. The molecule has 4 heterocycles. The van der Waals surface area contributed by atoms with Crippen LogP contribution in [0, 0.1) is 6.57 Å². The van der Waals surface area contributed by atoms with Crippen LogP contribution in [0.15, 0.2) is 71.3 Å². The molecule has 40 heavy (non-hydrogen) atoms. The fourth-order valence-electron chi connectivity index (χ4n) is 4.72. The van der Waals surface area contributed by atoms with E-state index in [1.165, 1.54) is 6.20 Å². The number of amides is 1. The summed E-state index contributed by atoms with van der Waals surface area (Å²) in [6.07, 6.45) is 1.53. The minimum Gasteiger partial charge on any atom is -0.436 e. The van der Waals surface area contributed by atoms with E-state index in [1.807, 2.05) is 35.2 Å². The average Bonchev–Trinajstić information content (AvgIpc) is 3.66. The molecule has 0 unspecified atom stereocenters. The molecule has 1 amide bonds. The summed E-state index contributed by atoms with van der Waals surface area (Å²) in [7, 11) is 0. The molecule has 1 saturated heterocycles. The van der Waals surface area contributed by atoms with Crippen LogP contribution in [0.1, 0.15) is 34.5 Å². The Kier molecular flexibility index (Phi) is 6.67. The standard InChI is InChI=1S/C27H21F2N9O2/c1-30-19-7-8-22-20(16-19)32-25(40-22)18-9-10-31-21(15-18)26(39)37-13-11-36(12-14-37)23(17-5-3-2-4-6-17)24-33-35-38(34-24)27(28)29/h2-10,15-16,23,27H,11-14H2/t23-/m0/s1. The zero-order valence-corrected chi connectivity index (χ0v) is 20.9.